The molecule has 1 fully saturated rings. The summed E-state index contributed by atoms with van der Waals surface area (Å²) < 4.78 is 26.0. The van der Waals surface area contributed by atoms with Gasteiger partial charge in [0.1, 0.15) is 0 Å². The standard InChI is InChI=1S/C18H24F2N2O2/c1-21(13-18(23)24)15-5-3-10-22(11-8-15)9-2-4-14-6-7-16(19)17(20)12-14/h2,4,6-7,12,15H,3,5,8-11,13H2,1H3,(H,23,24)/b4-2+. The zero-order chi connectivity index (χ0) is 17.5. The predicted molar refractivity (Wildman–Crippen MR) is 89.7 cm³/mol. The van der Waals surface area contributed by atoms with Gasteiger partial charge in [0.2, 0.25) is 0 Å². The minimum atomic E-state index is -0.837. The molecular weight excluding hydrogens is 314 g/mol. The van der Waals surface area contributed by atoms with E-state index in [1.807, 2.05) is 18.0 Å². The van der Waals surface area contributed by atoms with Gasteiger partial charge in [0.25, 0.3) is 0 Å². The van der Waals surface area contributed by atoms with Gasteiger partial charge in [-0.2, -0.15) is 0 Å². The van der Waals surface area contributed by atoms with Gasteiger partial charge in [-0.05, 0) is 57.1 Å². The molecule has 0 bridgehead atoms. The summed E-state index contributed by atoms with van der Waals surface area (Å²) in [5.41, 5.74) is 0.641. The summed E-state index contributed by atoms with van der Waals surface area (Å²) in [6.45, 7) is 2.67. The number of carboxylic acid groups (broad SMARTS) is 1. The lowest BCUT2D eigenvalue weighted by atomic mass is 10.1. The molecule has 0 spiro atoms. The number of nitrogens with zero attached hydrogens (tertiary/aromatic N) is 2. The quantitative estimate of drug-likeness (QED) is 0.866. The van der Waals surface area contributed by atoms with E-state index in [-0.39, 0.29) is 6.54 Å². The average Bonchev–Trinajstić information content (AvgIpc) is 2.76. The van der Waals surface area contributed by atoms with E-state index in [0.29, 0.717) is 11.6 Å². The van der Waals surface area contributed by atoms with Gasteiger partial charge in [0.15, 0.2) is 11.6 Å². The van der Waals surface area contributed by atoms with Crippen molar-refractivity contribution in [2.24, 2.45) is 0 Å². The van der Waals surface area contributed by atoms with Crippen molar-refractivity contribution < 1.29 is 18.7 Å². The van der Waals surface area contributed by atoms with Crippen molar-refractivity contribution in [1.29, 1.82) is 0 Å². The number of carboxylic acids is 1. The molecule has 2 rings (SSSR count). The normalized spacial score (nSPS) is 19.8. The SMILES string of the molecule is CN(CC(=O)O)C1CCCN(C/C=C/c2ccc(F)c(F)c2)CC1. The van der Waals surface area contributed by atoms with E-state index in [0.717, 1.165) is 45.0 Å². The van der Waals surface area contributed by atoms with Gasteiger partial charge >= 0.3 is 5.97 Å². The van der Waals surface area contributed by atoms with Crippen molar-refractivity contribution in [2.45, 2.75) is 25.3 Å². The van der Waals surface area contributed by atoms with E-state index in [4.69, 9.17) is 5.11 Å². The van der Waals surface area contributed by atoms with Crippen LogP contribution in [0.1, 0.15) is 24.8 Å². The van der Waals surface area contributed by atoms with Crippen LogP contribution in [0, 0.1) is 11.6 Å². The fourth-order valence-corrected chi connectivity index (χ4v) is 3.06. The van der Waals surface area contributed by atoms with Gasteiger partial charge in [-0.3, -0.25) is 14.6 Å². The molecule has 0 radical (unpaired) electrons. The summed E-state index contributed by atoms with van der Waals surface area (Å²) >= 11 is 0. The Morgan fingerprint density at radius 2 is 2.12 bits per heavy atom. The molecule has 1 saturated heterocycles. The Bertz CT molecular complexity index is 592. The monoisotopic (exact) mass is 338 g/mol. The molecule has 1 aliphatic heterocycles. The number of rotatable bonds is 6. The maximum absolute atomic E-state index is 13.2. The number of carbonyl (C=O) groups is 1. The first-order valence-corrected chi connectivity index (χ1v) is 8.21. The summed E-state index contributed by atoms with van der Waals surface area (Å²) in [5.74, 6) is -2.47. The molecule has 0 amide bonds. The lowest BCUT2D eigenvalue weighted by Gasteiger charge is -2.25. The number of hydrogen-bond donors (Lipinski definition) is 1. The van der Waals surface area contributed by atoms with Crippen molar-refractivity contribution >= 4 is 12.0 Å². The number of aliphatic carboxylic acids is 1. The second kappa shape index (κ2) is 8.89. The molecule has 24 heavy (non-hydrogen) atoms. The molecule has 6 heteroatoms. The molecule has 4 nitrogen and oxygen atoms in total. The third-order valence-corrected chi connectivity index (χ3v) is 4.42. The van der Waals surface area contributed by atoms with Crippen LogP contribution in [0.15, 0.2) is 24.3 Å². The Balaban J connectivity index is 1.82. The molecule has 1 unspecified atom stereocenters. The highest BCUT2D eigenvalue weighted by atomic mass is 19.2. The summed E-state index contributed by atoms with van der Waals surface area (Å²) in [6.07, 6.45) is 6.69. The van der Waals surface area contributed by atoms with Gasteiger partial charge < -0.3 is 5.11 Å². The first-order valence-electron chi connectivity index (χ1n) is 8.21. The van der Waals surface area contributed by atoms with Crippen LogP contribution in [-0.2, 0) is 4.79 Å². The highest BCUT2D eigenvalue weighted by Gasteiger charge is 2.21. The molecule has 0 aromatic heterocycles. The van der Waals surface area contributed by atoms with Gasteiger partial charge in [0.05, 0.1) is 6.54 Å². The average molecular weight is 338 g/mol. The van der Waals surface area contributed by atoms with E-state index in [1.165, 1.54) is 6.07 Å². The van der Waals surface area contributed by atoms with Gasteiger partial charge in [0, 0.05) is 12.6 Å². The minimum absolute atomic E-state index is 0.0701. The first-order chi connectivity index (χ1) is 11.5. The van der Waals surface area contributed by atoms with E-state index in [9.17, 15) is 13.6 Å². The predicted octanol–water partition coefficient (Wildman–Crippen LogP) is 2.85. The van der Waals surface area contributed by atoms with Crippen molar-refractivity contribution in [3.05, 3.63) is 41.5 Å². The fourth-order valence-electron chi connectivity index (χ4n) is 3.06. The van der Waals surface area contributed by atoms with Crippen LogP contribution in [0.5, 0.6) is 0 Å². The number of benzene rings is 1. The summed E-state index contributed by atoms with van der Waals surface area (Å²) in [7, 11) is 1.86. The van der Waals surface area contributed by atoms with E-state index in [2.05, 4.69) is 4.90 Å². The first kappa shape index (κ1) is 18.5. The number of halogens is 2. The molecule has 1 aliphatic rings. The lowest BCUT2D eigenvalue weighted by Crippen LogP contribution is -2.36. The topological polar surface area (TPSA) is 43.8 Å². The number of likely N-dealkylation sites (tertiary alicyclic amines) is 1. The molecule has 1 aromatic rings. The second-order valence-electron chi connectivity index (χ2n) is 6.27. The summed E-state index contributed by atoms with van der Waals surface area (Å²) in [6, 6.07) is 4.16. The van der Waals surface area contributed by atoms with Crippen LogP contribution in [0.25, 0.3) is 6.08 Å². The van der Waals surface area contributed by atoms with E-state index in [1.54, 1.807) is 12.1 Å². The lowest BCUT2D eigenvalue weighted by molar-refractivity contribution is -0.138. The maximum atomic E-state index is 13.2. The maximum Gasteiger partial charge on any atom is 0.317 e. The second-order valence-corrected chi connectivity index (χ2v) is 6.27. The smallest absolute Gasteiger partial charge is 0.317 e. The third-order valence-electron chi connectivity index (χ3n) is 4.42. The molecule has 1 atom stereocenters. The molecule has 1 heterocycles. The van der Waals surface area contributed by atoms with E-state index >= 15 is 0 Å². The molecular formula is C18H24F2N2O2. The molecule has 1 aromatic carbocycles. The molecule has 0 aliphatic carbocycles. The largest absolute Gasteiger partial charge is 0.480 e. The van der Waals surface area contributed by atoms with Gasteiger partial charge in [-0.15, -0.1) is 0 Å². The Morgan fingerprint density at radius 1 is 1.33 bits per heavy atom. The number of hydrogen-bond acceptors (Lipinski definition) is 3. The van der Waals surface area contributed by atoms with Crippen molar-refractivity contribution in [3.8, 4) is 0 Å². The van der Waals surface area contributed by atoms with Gasteiger partial charge in [-0.1, -0.05) is 18.2 Å². The molecule has 132 valence electrons. The fraction of sp³-hybridized carbons (Fsp3) is 0.500. The Labute approximate surface area is 141 Å². The van der Waals surface area contributed by atoms with Crippen LogP contribution >= 0.6 is 0 Å². The zero-order valence-electron chi connectivity index (χ0n) is 13.9. The highest BCUT2D eigenvalue weighted by Crippen LogP contribution is 2.16. The van der Waals surface area contributed by atoms with Crippen LogP contribution < -0.4 is 0 Å². The zero-order valence-corrected chi connectivity index (χ0v) is 13.9. The molecule has 0 saturated carbocycles. The van der Waals surface area contributed by atoms with Crippen LogP contribution in [0.4, 0.5) is 8.78 Å². The van der Waals surface area contributed by atoms with Crippen molar-refractivity contribution in [1.82, 2.24) is 9.80 Å². The summed E-state index contributed by atoms with van der Waals surface area (Å²) in [4.78, 5) is 15.0. The Hall–Kier alpha value is -1.79. The van der Waals surface area contributed by atoms with Crippen LogP contribution in [0.3, 0.4) is 0 Å². The van der Waals surface area contributed by atoms with Crippen LogP contribution in [0.2, 0.25) is 0 Å². The Morgan fingerprint density at radius 3 is 2.83 bits per heavy atom. The Kier molecular flexibility index (Phi) is 6.87. The highest BCUT2D eigenvalue weighted by molar-refractivity contribution is 5.69. The summed E-state index contributed by atoms with van der Waals surface area (Å²) in [5, 5.41) is 8.89. The minimum Gasteiger partial charge on any atom is -0.480 e. The van der Waals surface area contributed by atoms with Gasteiger partial charge in [-0.25, -0.2) is 8.78 Å². The van der Waals surface area contributed by atoms with Crippen molar-refractivity contribution in [2.75, 3.05) is 33.2 Å². The molecule has 1 N–H and O–H groups in total. The van der Waals surface area contributed by atoms with Crippen molar-refractivity contribution in [3.63, 3.8) is 0 Å². The third kappa shape index (κ3) is 5.69. The van der Waals surface area contributed by atoms with E-state index < -0.39 is 17.6 Å². The van der Waals surface area contributed by atoms with Crippen LogP contribution in [-0.4, -0.2) is 60.1 Å². The number of likely N-dealkylation sites (N-methyl/N-ethyl adjacent to an activating group) is 1.